The van der Waals surface area contributed by atoms with E-state index in [1.54, 1.807) is 20.8 Å². The van der Waals surface area contributed by atoms with Crippen molar-refractivity contribution in [1.82, 2.24) is 4.57 Å². The summed E-state index contributed by atoms with van der Waals surface area (Å²) >= 11 is 0. The van der Waals surface area contributed by atoms with Crippen molar-refractivity contribution in [2.45, 2.75) is 39.7 Å². The van der Waals surface area contributed by atoms with E-state index in [9.17, 15) is 9.59 Å². The lowest BCUT2D eigenvalue weighted by Crippen LogP contribution is -2.26. The molecule has 0 unspecified atom stereocenters. The van der Waals surface area contributed by atoms with E-state index in [4.69, 9.17) is 9.84 Å². The molecule has 0 aromatic carbocycles. The van der Waals surface area contributed by atoms with Crippen LogP contribution in [0.15, 0.2) is 12.4 Å². The first-order valence-electron chi connectivity index (χ1n) is 5.42. The van der Waals surface area contributed by atoms with Gasteiger partial charge < -0.3 is 9.84 Å². The molecule has 5 nitrogen and oxygen atoms in total. The zero-order chi connectivity index (χ0) is 13.2. The van der Waals surface area contributed by atoms with Gasteiger partial charge in [-0.25, -0.2) is 9.59 Å². The average Bonchev–Trinajstić information content (AvgIpc) is 2.58. The van der Waals surface area contributed by atoms with E-state index in [2.05, 4.69) is 0 Å². The molecule has 0 spiro atoms. The molecule has 0 saturated heterocycles. The number of aryl methyl sites for hydroxylation is 1. The number of ether oxygens (including phenoxy) is 1. The predicted molar refractivity (Wildman–Crippen MR) is 62.4 cm³/mol. The minimum atomic E-state index is -1.04. The van der Waals surface area contributed by atoms with E-state index in [-0.39, 0.29) is 5.56 Å². The molecular formula is C12H17NO4. The lowest BCUT2D eigenvalue weighted by Gasteiger charge is -2.19. The molecular weight excluding hydrogens is 222 g/mol. The number of carbonyl (C=O) groups excluding carboxylic acids is 1. The molecule has 0 aliphatic carbocycles. The maximum Gasteiger partial charge on any atom is 0.418 e. The third kappa shape index (κ3) is 3.34. The first-order chi connectivity index (χ1) is 7.74. The zero-order valence-corrected chi connectivity index (χ0v) is 10.5. The lowest BCUT2D eigenvalue weighted by atomic mass is 10.1. The predicted octanol–water partition coefficient (Wildman–Crippen LogP) is 2.53. The van der Waals surface area contributed by atoms with Gasteiger partial charge >= 0.3 is 12.1 Å². The molecule has 0 saturated carbocycles. The Morgan fingerprint density at radius 3 is 2.29 bits per heavy atom. The van der Waals surface area contributed by atoms with E-state index in [1.807, 2.05) is 6.92 Å². The normalized spacial score (nSPS) is 11.3. The maximum absolute atomic E-state index is 11.7. The van der Waals surface area contributed by atoms with E-state index < -0.39 is 17.7 Å². The van der Waals surface area contributed by atoms with Crippen LogP contribution in [-0.4, -0.2) is 27.3 Å². The Kier molecular flexibility index (Phi) is 3.60. The molecule has 0 bridgehead atoms. The van der Waals surface area contributed by atoms with Gasteiger partial charge in [0.2, 0.25) is 0 Å². The van der Waals surface area contributed by atoms with E-state index in [1.165, 1.54) is 17.0 Å². The average molecular weight is 239 g/mol. The number of aromatic carboxylic acids is 1. The van der Waals surface area contributed by atoms with Crippen molar-refractivity contribution in [2.75, 3.05) is 0 Å². The maximum atomic E-state index is 11.7. The van der Waals surface area contributed by atoms with Crippen molar-refractivity contribution >= 4 is 12.1 Å². The highest BCUT2D eigenvalue weighted by molar-refractivity contribution is 5.90. The molecule has 0 radical (unpaired) electrons. The topological polar surface area (TPSA) is 68.5 Å². The summed E-state index contributed by atoms with van der Waals surface area (Å²) < 4.78 is 6.32. The van der Waals surface area contributed by atoms with Gasteiger partial charge in [0, 0.05) is 12.4 Å². The summed E-state index contributed by atoms with van der Waals surface area (Å²) in [5, 5.41) is 8.96. The fraction of sp³-hybridized carbons (Fsp3) is 0.500. The van der Waals surface area contributed by atoms with Gasteiger partial charge in [0.05, 0.1) is 5.56 Å². The summed E-state index contributed by atoms with van der Waals surface area (Å²) in [6.07, 6.45) is 2.77. The standard InChI is InChI=1S/C12H17NO4/c1-5-8-6-13(7-9(8)10(14)15)11(16)17-12(2,3)4/h6-7H,5H2,1-4H3,(H,14,15). The summed E-state index contributed by atoms with van der Waals surface area (Å²) in [5.74, 6) is -1.04. The van der Waals surface area contributed by atoms with Crippen LogP contribution in [0.2, 0.25) is 0 Å². The fourth-order valence-electron chi connectivity index (χ4n) is 1.39. The van der Waals surface area contributed by atoms with Crippen LogP contribution in [0.25, 0.3) is 0 Å². The highest BCUT2D eigenvalue weighted by Gasteiger charge is 2.20. The summed E-state index contributed by atoms with van der Waals surface area (Å²) in [6.45, 7) is 7.11. The first kappa shape index (κ1) is 13.3. The molecule has 0 amide bonds. The van der Waals surface area contributed by atoms with Gasteiger partial charge in [-0.05, 0) is 32.8 Å². The SMILES string of the molecule is CCc1cn(C(=O)OC(C)(C)C)cc1C(=O)O. The summed E-state index contributed by atoms with van der Waals surface area (Å²) in [7, 11) is 0. The molecule has 1 rings (SSSR count). The Balaban J connectivity index is 3.00. The second-order valence-corrected chi connectivity index (χ2v) is 4.74. The molecule has 1 N–H and O–H groups in total. The minimum absolute atomic E-state index is 0.137. The molecule has 0 aliphatic heterocycles. The van der Waals surface area contributed by atoms with Gasteiger partial charge in [0.25, 0.3) is 0 Å². The molecule has 1 heterocycles. The molecule has 94 valence electrons. The van der Waals surface area contributed by atoms with Gasteiger partial charge in [-0.1, -0.05) is 6.92 Å². The summed E-state index contributed by atoms with van der Waals surface area (Å²) in [5.41, 5.74) is 0.152. The van der Waals surface area contributed by atoms with Crippen LogP contribution in [0.1, 0.15) is 43.6 Å². The number of hydrogen-bond donors (Lipinski definition) is 1. The van der Waals surface area contributed by atoms with Crippen LogP contribution in [0.3, 0.4) is 0 Å². The van der Waals surface area contributed by atoms with Gasteiger partial charge in [-0.15, -0.1) is 0 Å². The number of rotatable bonds is 2. The van der Waals surface area contributed by atoms with Crippen LogP contribution < -0.4 is 0 Å². The third-order valence-corrected chi connectivity index (χ3v) is 2.12. The highest BCUT2D eigenvalue weighted by atomic mass is 16.6. The monoisotopic (exact) mass is 239 g/mol. The number of carbonyl (C=O) groups is 2. The molecule has 0 fully saturated rings. The van der Waals surface area contributed by atoms with E-state index in [0.717, 1.165) is 0 Å². The summed E-state index contributed by atoms with van der Waals surface area (Å²) in [4.78, 5) is 22.6. The Bertz CT molecular complexity index is 440. The highest BCUT2D eigenvalue weighted by Crippen LogP contribution is 2.14. The van der Waals surface area contributed by atoms with Crippen molar-refractivity contribution < 1.29 is 19.4 Å². The number of nitrogens with zero attached hydrogens (tertiary/aromatic N) is 1. The Morgan fingerprint density at radius 2 is 1.94 bits per heavy atom. The van der Waals surface area contributed by atoms with Crippen molar-refractivity contribution in [3.63, 3.8) is 0 Å². The minimum Gasteiger partial charge on any atom is -0.478 e. The van der Waals surface area contributed by atoms with Gasteiger partial charge in [-0.2, -0.15) is 0 Å². The van der Waals surface area contributed by atoms with Gasteiger partial charge in [0.1, 0.15) is 5.60 Å². The molecule has 5 heteroatoms. The van der Waals surface area contributed by atoms with Crippen LogP contribution >= 0.6 is 0 Å². The quantitative estimate of drug-likeness (QED) is 0.861. The molecule has 0 atom stereocenters. The second kappa shape index (κ2) is 4.61. The molecule has 1 aromatic heterocycles. The third-order valence-electron chi connectivity index (χ3n) is 2.12. The van der Waals surface area contributed by atoms with Crippen LogP contribution in [0, 0.1) is 0 Å². The lowest BCUT2D eigenvalue weighted by molar-refractivity contribution is 0.0537. The van der Waals surface area contributed by atoms with Crippen molar-refractivity contribution in [3.05, 3.63) is 23.5 Å². The Morgan fingerprint density at radius 1 is 1.35 bits per heavy atom. The molecule has 0 aliphatic rings. The largest absolute Gasteiger partial charge is 0.478 e. The Labute approximate surface area is 100 Å². The number of hydrogen-bond acceptors (Lipinski definition) is 3. The van der Waals surface area contributed by atoms with Crippen molar-refractivity contribution in [3.8, 4) is 0 Å². The smallest absolute Gasteiger partial charge is 0.418 e. The Hall–Kier alpha value is -1.78. The number of aromatic nitrogens is 1. The van der Waals surface area contributed by atoms with Crippen LogP contribution in [0.5, 0.6) is 0 Å². The second-order valence-electron chi connectivity index (χ2n) is 4.74. The van der Waals surface area contributed by atoms with Gasteiger partial charge in [-0.3, -0.25) is 4.57 Å². The van der Waals surface area contributed by atoms with Crippen LogP contribution in [0.4, 0.5) is 4.79 Å². The summed E-state index contributed by atoms with van der Waals surface area (Å²) in [6, 6.07) is 0. The number of carboxylic acid groups (broad SMARTS) is 1. The van der Waals surface area contributed by atoms with Gasteiger partial charge in [0.15, 0.2) is 0 Å². The molecule has 1 aromatic rings. The number of carboxylic acids is 1. The first-order valence-corrected chi connectivity index (χ1v) is 5.42. The molecule has 17 heavy (non-hydrogen) atoms. The van der Waals surface area contributed by atoms with E-state index in [0.29, 0.717) is 12.0 Å². The van der Waals surface area contributed by atoms with Crippen LogP contribution in [-0.2, 0) is 11.2 Å². The zero-order valence-electron chi connectivity index (χ0n) is 10.5. The van der Waals surface area contributed by atoms with E-state index >= 15 is 0 Å². The van der Waals surface area contributed by atoms with Crippen molar-refractivity contribution in [1.29, 1.82) is 0 Å². The van der Waals surface area contributed by atoms with Crippen molar-refractivity contribution in [2.24, 2.45) is 0 Å². The fourth-order valence-corrected chi connectivity index (χ4v) is 1.39.